The fraction of sp³-hybridized carbons (Fsp3) is 0.900. The summed E-state index contributed by atoms with van der Waals surface area (Å²) >= 11 is 0. The van der Waals surface area contributed by atoms with Crippen LogP contribution in [0.3, 0.4) is 0 Å². The van der Waals surface area contributed by atoms with E-state index in [9.17, 15) is 4.79 Å². The number of amides is 1. The molecular formula is C10H18N2O2. The highest BCUT2D eigenvalue weighted by Crippen LogP contribution is 2.27. The SMILES string of the molecule is O=C(COC1CCNC1)NCC1CC1. The lowest BCUT2D eigenvalue weighted by atomic mass is 10.3. The molecule has 0 radical (unpaired) electrons. The Bertz CT molecular complexity index is 198. The molecule has 0 aromatic carbocycles. The molecule has 1 amide bonds. The Balaban J connectivity index is 1.52. The number of rotatable bonds is 5. The van der Waals surface area contributed by atoms with Gasteiger partial charge in [0.25, 0.3) is 0 Å². The van der Waals surface area contributed by atoms with Crippen molar-refractivity contribution in [2.24, 2.45) is 5.92 Å². The molecule has 2 fully saturated rings. The summed E-state index contributed by atoms with van der Waals surface area (Å²) in [6.45, 7) is 2.95. The highest BCUT2D eigenvalue weighted by Gasteiger charge is 2.22. The van der Waals surface area contributed by atoms with Crippen LogP contribution in [0.5, 0.6) is 0 Å². The third-order valence-corrected chi connectivity index (χ3v) is 2.75. The molecule has 1 heterocycles. The van der Waals surface area contributed by atoms with E-state index < -0.39 is 0 Å². The van der Waals surface area contributed by atoms with Crippen molar-refractivity contribution in [3.8, 4) is 0 Å². The van der Waals surface area contributed by atoms with Gasteiger partial charge >= 0.3 is 0 Å². The molecule has 1 aliphatic heterocycles. The van der Waals surface area contributed by atoms with Gasteiger partial charge in [0, 0.05) is 13.1 Å². The summed E-state index contributed by atoms with van der Waals surface area (Å²) in [5, 5.41) is 6.08. The quantitative estimate of drug-likeness (QED) is 0.648. The molecule has 4 heteroatoms. The van der Waals surface area contributed by atoms with E-state index in [-0.39, 0.29) is 18.6 Å². The van der Waals surface area contributed by atoms with E-state index in [1.807, 2.05) is 0 Å². The topological polar surface area (TPSA) is 50.4 Å². The Kier molecular flexibility index (Phi) is 3.37. The van der Waals surface area contributed by atoms with Crippen LogP contribution in [0.4, 0.5) is 0 Å². The predicted octanol–water partition coefficient (Wildman–Crippen LogP) is -0.109. The van der Waals surface area contributed by atoms with Crippen molar-refractivity contribution in [3.05, 3.63) is 0 Å². The van der Waals surface area contributed by atoms with Crippen molar-refractivity contribution in [1.82, 2.24) is 10.6 Å². The average molecular weight is 198 g/mol. The van der Waals surface area contributed by atoms with Crippen molar-refractivity contribution in [3.63, 3.8) is 0 Å². The van der Waals surface area contributed by atoms with Gasteiger partial charge < -0.3 is 15.4 Å². The number of carbonyl (C=O) groups excluding carboxylic acids is 1. The normalized spacial score (nSPS) is 26.4. The van der Waals surface area contributed by atoms with Crippen molar-refractivity contribution in [2.75, 3.05) is 26.2 Å². The van der Waals surface area contributed by atoms with Crippen LogP contribution in [0.2, 0.25) is 0 Å². The first-order chi connectivity index (χ1) is 6.84. The molecule has 1 saturated heterocycles. The molecule has 80 valence electrons. The van der Waals surface area contributed by atoms with Gasteiger partial charge in [0.2, 0.25) is 5.91 Å². The Morgan fingerprint density at radius 3 is 2.93 bits per heavy atom. The van der Waals surface area contributed by atoms with Crippen LogP contribution in [0.15, 0.2) is 0 Å². The van der Waals surface area contributed by atoms with Gasteiger partial charge in [-0.2, -0.15) is 0 Å². The van der Waals surface area contributed by atoms with E-state index in [0.717, 1.165) is 32.0 Å². The molecule has 0 aromatic rings. The zero-order chi connectivity index (χ0) is 9.80. The maximum atomic E-state index is 11.3. The third kappa shape index (κ3) is 3.27. The standard InChI is InChI=1S/C10H18N2O2/c13-10(12-5-8-1-2-8)7-14-9-3-4-11-6-9/h8-9,11H,1-7H2,(H,12,13). The van der Waals surface area contributed by atoms with Gasteiger partial charge in [-0.3, -0.25) is 4.79 Å². The summed E-state index contributed by atoms with van der Waals surface area (Å²) in [4.78, 5) is 11.3. The van der Waals surface area contributed by atoms with Gasteiger partial charge in [0.1, 0.15) is 6.61 Å². The van der Waals surface area contributed by atoms with Crippen molar-refractivity contribution in [1.29, 1.82) is 0 Å². The summed E-state index contributed by atoms with van der Waals surface area (Å²) in [7, 11) is 0. The molecule has 0 aromatic heterocycles. The summed E-state index contributed by atoms with van der Waals surface area (Å²) in [6.07, 6.45) is 3.80. The van der Waals surface area contributed by atoms with Crippen LogP contribution in [0.1, 0.15) is 19.3 Å². The van der Waals surface area contributed by atoms with E-state index in [1.54, 1.807) is 0 Å². The van der Waals surface area contributed by atoms with Crippen LogP contribution in [0, 0.1) is 5.92 Å². The Labute approximate surface area is 84.4 Å². The van der Waals surface area contributed by atoms with E-state index in [0.29, 0.717) is 0 Å². The largest absolute Gasteiger partial charge is 0.367 e. The summed E-state index contributed by atoms with van der Waals surface area (Å²) in [5.74, 6) is 0.774. The lowest BCUT2D eigenvalue weighted by Gasteiger charge is -2.10. The van der Waals surface area contributed by atoms with E-state index in [4.69, 9.17) is 4.74 Å². The molecule has 1 atom stereocenters. The van der Waals surface area contributed by atoms with Gasteiger partial charge in [0.15, 0.2) is 0 Å². The zero-order valence-corrected chi connectivity index (χ0v) is 8.42. The van der Waals surface area contributed by atoms with Gasteiger partial charge in [0.05, 0.1) is 6.10 Å². The van der Waals surface area contributed by atoms with Crippen LogP contribution < -0.4 is 10.6 Å². The van der Waals surface area contributed by atoms with E-state index in [1.165, 1.54) is 12.8 Å². The first-order valence-corrected chi connectivity index (χ1v) is 5.43. The molecule has 4 nitrogen and oxygen atoms in total. The molecule has 14 heavy (non-hydrogen) atoms. The number of hydrogen-bond acceptors (Lipinski definition) is 3. The smallest absolute Gasteiger partial charge is 0.246 e. The molecule has 1 saturated carbocycles. The zero-order valence-electron chi connectivity index (χ0n) is 8.42. The minimum absolute atomic E-state index is 0.0313. The third-order valence-electron chi connectivity index (χ3n) is 2.75. The average Bonchev–Trinajstić information content (AvgIpc) is 2.87. The second kappa shape index (κ2) is 4.75. The Hall–Kier alpha value is -0.610. The minimum Gasteiger partial charge on any atom is -0.367 e. The lowest BCUT2D eigenvalue weighted by molar-refractivity contribution is -0.127. The molecule has 0 spiro atoms. The molecular weight excluding hydrogens is 180 g/mol. The maximum absolute atomic E-state index is 11.3. The number of carbonyl (C=O) groups is 1. The molecule has 2 rings (SSSR count). The highest BCUT2D eigenvalue weighted by molar-refractivity contribution is 5.77. The Morgan fingerprint density at radius 2 is 2.29 bits per heavy atom. The number of nitrogens with one attached hydrogen (secondary N) is 2. The number of hydrogen-bond donors (Lipinski definition) is 2. The van der Waals surface area contributed by atoms with Crippen LogP contribution in [-0.4, -0.2) is 38.3 Å². The summed E-state index contributed by atoms with van der Waals surface area (Å²) < 4.78 is 5.44. The molecule has 2 N–H and O–H groups in total. The maximum Gasteiger partial charge on any atom is 0.246 e. The van der Waals surface area contributed by atoms with Gasteiger partial charge in [-0.1, -0.05) is 0 Å². The fourth-order valence-electron chi connectivity index (χ4n) is 1.60. The van der Waals surface area contributed by atoms with E-state index in [2.05, 4.69) is 10.6 Å². The van der Waals surface area contributed by atoms with Crippen molar-refractivity contribution < 1.29 is 9.53 Å². The van der Waals surface area contributed by atoms with Crippen LogP contribution >= 0.6 is 0 Å². The van der Waals surface area contributed by atoms with E-state index >= 15 is 0 Å². The monoisotopic (exact) mass is 198 g/mol. The molecule has 1 unspecified atom stereocenters. The fourth-order valence-corrected chi connectivity index (χ4v) is 1.60. The summed E-state index contributed by atoms with van der Waals surface area (Å²) in [5.41, 5.74) is 0. The Morgan fingerprint density at radius 1 is 1.43 bits per heavy atom. The highest BCUT2D eigenvalue weighted by atomic mass is 16.5. The molecule has 2 aliphatic rings. The summed E-state index contributed by atoms with van der Waals surface area (Å²) in [6, 6.07) is 0. The molecule has 1 aliphatic carbocycles. The van der Waals surface area contributed by atoms with Crippen LogP contribution in [0.25, 0.3) is 0 Å². The first-order valence-electron chi connectivity index (χ1n) is 5.43. The predicted molar refractivity (Wildman–Crippen MR) is 53.0 cm³/mol. The lowest BCUT2D eigenvalue weighted by Crippen LogP contribution is -2.31. The minimum atomic E-state index is 0.0313. The van der Waals surface area contributed by atoms with Crippen LogP contribution in [-0.2, 0) is 9.53 Å². The van der Waals surface area contributed by atoms with Gasteiger partial charge in [-0.15, -0.1) is 0 Å². The number of ether oxygens (including phenoxy) is 1. The first kappa shape index (κ1) is 9.93. The second-order valence-corrected chi connectivity index (χ2v) is 4.17. The van der Waals surface area contributed by atoms with Crippen molar-refractivity contribution >= 4 is 5.91 Å². The van der Waals surface area contributed by atoms with Gasteiger partial charge in [-0.05, 0) is 31.7 Å². The van der Waals surface area contributed by atoms with Gasteiger partial charge in [-0.25, -0.2) is 0 Å². The van der Waals surface area contributed by atoms with Crippen molar-refractivity contribution in [2.45, 2.75) is 25.4 Å². The second-order valence-electron chi connectivity index (χ2n) is 4.17. The molecule has 0 bridgehead atoms.